The molecule has 7 heteroatoms. The van der Waals surface area contributed by atoms with Gasteiger partial charge in [0.1, 0.15) is 11.6 Å². The maximum absolute atomic E-state index is 13.0. The Morgan fingerprint density at radius 2 is 2.23 bits per heavy atom. The van der Waals surface area contributed by atoms with Gasteiger partial charge in [-0.25, -0.2) is 9.48 Å². The number of amides is 2. The molecule has 0 saturated carbocycles. The van der Waals surface area contributed by atoms with Gasteiger partial charge in [0, 0.05) is 17.5 Å². The molecule has 3 aromatic rings. The summed E-state index contributed by atoms with van der Waals surface area (Å²) in [6.07, 6.45) is 7.57. The highest BCUT2D eigenvalue weighted by molar-refractivity contribution is 7.09. The fourth-order valence-electron chi connectivity index (χ4n) is 3.42. The van der Waals surface area contributed by atoms with Crippen LogP contribution in [0.4, 0.5) is 10.6 Å². The Morgan fingerprint density at radius 3 is 3.04 bits per heavy atom. The highest BCUT2D eigenvalue weighted by Crippen LogP contribution is 2.31. The van der Waals surface area contributed by atoms with E-state index >= 15 is 0 Å². The fraction of sp³-hybridized carbons (Fsp3) is 0.368. The lowest BCUT2D eigenvalue weighted by Crippen LogP contribution is -2.38. The summed E-state index contributed by atoms with van der Waals surface area (Å²) in [4.78, 5) is 16.1. The predicted molar refractivity (Wildman–Crippen MR) is 101 cm³/mol. The number of likely N-dealkylation sites (tertiary alicyclic amines) is 1. The number of anilines is 1. The molecule has 2 amide bonds. The van der Waals surface area contributed by atoms with Crippen LogP contribution in [0.2, 0.25) is 0 Å². The van der Waals surface area contributed by atoms with Crippen LogP contribution in [0, 0.1) is 0 Å². The Labute approximate surface area is 156 Å². The zero-order chi connectivity index (χ0) is 17.8. The van der Waals surface area contributed by atoms with Crippen LogP contribution in [0.25, 0.3) is 0 Å². The van der Waals surface area contributed by atoms with Crippen LogP contribution < -0.4 is 5.32 Å². The van der Waals surface area contributed by atoms with Crippen molar-refractivity contribution >= 4 is 23.2 Å². The minimum atomic E-state index is -0.0961. The van der Waals surface area contributed by atoms with E-state index < -0.39 is 0 Å². The predicted octanol–water partition coefficient (Wildman–Crippen LogP) is 4.74. The topological polar surface area (TPSA) is 63.3 Å². The summed E-state index contributed by atoms with van der Waals surface area (Å²) in [5, 5.41) is 9.44. The standard InChI is InChI=1S/C19H22N4O2S/c24-19(21-18-9-10-20-23(18)14-15-6-5-13-26-15)22-11-3-1-2-7-16(22)17-8-4-12-25-17/h4-6,8-10,12-13,16H,1-3,7,11,14H2,(H,21,24). The Balaban J connectivity index is 1.50. The zero-order valence-electron chi connectivity index (χ0n) is 14.5. The number of aromatic nitrogens is 2. The minimum Gasteiger partial charge on any atom is -0.467 e. The molecule has 1 aliphatic rings. The zero-order valence-corrected chi connectivity index (χ0v) is 15.3. The third-order valence-corrected chi connectivity index (χ3v) is 5.58. The summed E-state index contributed by atoms with van der Waals surface area (Å²) in [5.41, 5.74) is 0. The SMILES string of the molecule is O=C(Nc1ccnn1Cc1cccs1)N1CCCCCC1c1ccco1. The van der Waals surface area contributed by atoms with Gasteiger partial charge in [-0.2, -0.15) is 5.10 Å². The monoisotopic (exact) mass is 370 g/mol. The summed E-state index contributed by atoms with van der Waals surface area (Å²) in [5.74, 6) is 1.57. The van der Waals surface area contributed by atoms with Crippen LogP contribution >= 0.6 is 11.3 Å². The number of urea groups is 1. The highest BCUT2D eigenvalue weighted by atomic mass is 32.1. The smallest absolute Gasteiger partial charge is 0.323 e. The van der Waals surface area contributed by atoms with Crippen molar-refractivity contribution in [1.29, 1.82) is 0 Å². The molecule has 1 atom stereocenters. The molecule has 1 saturated heterocycles. The number of furan rings is 1. The van der Waals surface area contributed by atoms with Crippen LogP contribution in [0.15, 0.2) is 52.6 Å². The van der Waals surface area contributed by atoms with Gasteiger partial charge in [-0.15, -0.1) is 11.3 Å². The van der Waals surface area contributed by atoms with Crippen LogP contribution in [0.5, 0.6) is 0 Å². The van der Waals surface area contributed by atoms with E-state index in [1.807, 2.05) is 39.2 Å². The molecular weight excluding hydrogens is 348 g/mol. The van der Waals surface area contributed by atoms with Crippen molar-refractivity contribution in [2.24, 2.45) is 0 Å². The maximum Gasteiger partial charge on any atom is 0.323 e. The van der Waals surface area contributed by atoms with E-state index in [9.17, 15) is 4.79 Å². The van der Waals surface area contributed by atoms with E-state index in [2.05, 4.69) is 16.5 Å². The molecule has 6 nitrogen and oxygen atoms in total. The summed E-state index contributed by atoms with van der Waals surface area (Å²) < 4.78 is 7.42. The van der Waals surface area contributed by atoms with Crippen molar-refractivity contribution in [1.82, 2.24) is 14.7 Å². The van der Waals surface area contributed by atoms with Gasteiger partial charge in [0.2, 0.25) is 0 Å². The Hall–Kier alpha value is -2.54. The average Bonchev–Trinajstić information content (AvgIpc) is 3.38. The fourth-order valence-corrected chi connectivity index (χ4v) is 4.11. The van der Waals surface area contributed by atoms with Gasteiger partial charge in [-0.1, -0.05) is 18.9 Å². The van der Waals surface area contributed by atoms with Crippen molar-refractivity contribution in [2.45, 2.75) is 38.3 Å². The second-order valence-corrected chi connectivity index (χ2v) is 7.49. The molecule has 136 valence electrons. The van der Waals surface area contributed by atoms with E-state index in [0.29, 0.717) is 12.4 Å². The lowest BCUT2D eigenvalue weighted by molar-refractivity contribution is 0.179. The molecule has 1 unspecified atom stereocenters. The highest BCUT2D eigenvalue weighted by Gasteiger charge is 2.29. The molecule has 4 rings (SSSR count). The van der Waals surface area contributed by atoms with Crippen molar-refractivity contribution in [3.8, 4) is 0 Å². The summed E-state index contributed by atoms with van der Waals surface area (Å²) >= 11 is 1.68. The molecule has 1 N–H and O–H groups in total. The molecule has 0 aliphatic carbocycles. The van der Waals surface area contributed by atoms with Crippen molar-refractivity contribution in [3.05, 3.63) is 58.8 Å². The number of hydrogen-bond acceptors (Lipinski definition) is 4. The molecule has 0 bridgehead atoms. The summed E-state index contributed by atoms with van der Waals surface area (Å²) in [7, 11) is 0. The third kappa shape index (κ3) is 3.67. The van der Waals surface area contributed by atoms with Gasteiger partial charge < -0.3 is 9.32 Å². The van der Waals surface area contributed by atoms with Crippen LogP contribution in [0.1, 0.15) is 42.4 Å². The number of carbonyl (C=O) groups excluding carboxylic acids is 1. The van der Waals surface area contributed by atoms with Gasteiger partial charge in [-0.05, 0) is 36.4 Å². The minimum absolute atomic E-state index is 0.0128. The van der Waals surface area contributed by atoms with Crippen LogP contribution in [-0.2, 0) is 6.54 Å². The molecule has 26 heavy (non-hydrogen) atoms. The Morgan fingerprint density at radius 1 is 1.27 bits per heavy atom. The maximum atomic E-state index is 13.0. The first-order valence-corrected chi connectivity index (χ1v) is 9.84. The number of nitrogens with one attached hydrogen (secondary N) is 1. The molecular formula is C19H22N4O2S. The van der Waals surface area contributed by atoms with Gasteiger partial charge in [-0.3, -0.25) is 5.32 Å². The van der Waals surface area contributed by atoms with Gasteiger partial charge in [0.25, 0.3) is 0 Å². The van der Waals surface area contributed by atoms with E-state index in [0.717, 1.165) is 38.0 Å². The summed E-state index contributed by atoms with van der Waals surface area (Å²) in [6.45, 7) is 1.39. The van der Waals surface area contributed by atoms with E-state index in [4.69, 9.17) is 4.42 Å². The van der Waals surface area contributed by atoms with Crippen LogP contribution in [0.3, 0.4) is 0 Å². The van der Waals surface area contributed by atoms with E-state index in [1.54, 1.807) is 23.8 Å². The molecule has 0 spiro atoms. The number of hydrogen-bond donors (Lipinski definition) is 1. The lowest BCUT2D eigenvalue weighted by Gasteiger charge is -2.28. The third-order valence-electron chi connectivity index (χ3n) is 4.72. The second-order valence-electron chi connectivity index (χ2n) is 6.46. The molecule has 1 fully saturated rings. The molecule has 0 aromatic carbocycles. The average molecular weight is 370 g/mol. The van der Waals surface area contributed by atoms with E-state index in [-0.39, 0.29) is 12.1 Å². The van der Waals surface area contributed by atoms with Crippen molar-refractivity contribution < 1.29 is 9.21 Å². The molecule has 1 aliphatic heterocycles. The first-order chi connectivity index (χ1) is 12.8. The van der Waals surface area contributed by atoms with E-state index in [1.165, 1.54) is 4.88 Å². The van der Waals surface area contributed by atoms with Crippen molar-refractivity contribution in [3.63, 3.8) is 0 Å². The summed E-state index contributed by atoms with van der Waals surface area (Å²) in [6, 6.07) is 9.66. The number of nitrogens with zero attached hydrogens (tertiary/aromatic N) is 3. The number of thiophene rings is 1. The van der Waals surface area contributed by atoms with Gasteiger partial charge in [0.15, 0.2) is 0 Å². The van der Waals surface area contributed by atoms with Gasteiger partial charge in [0.05, 0.1) is 25.0 Å². The van der Waals surface area contributed by atoms with Crippen LogP contribution in [-0.4, -0.2) is 27.3 Å². The Bertz CT molecular complexity index is 826. The largest absolute Gasteiger partial charge is 0.467 e. The first-order valence-electron chi connectivity index (χ1n) is 8.96. The van der Waals surface area contributed by atoms with Gasteiger partial charge >= 0.3 is 6.03 Å². The quantitative estimate of drug-likeness (QED) is 0.722. The molecule has 4 heterocycles. The second kappa shape index (κ2) is 7.78. The lowest BCUT2D eigenvalue weighted by atomic mass is 10.1. The van der Waals surface area contributed by atoms with Crippen molar-refractivity contribution in [2.75, 3.05) is 11.9 Å². The number of rotatable bonds is 4. The first kappa shape index (κ1) is 16.9. The normalized spacial score (nSPS) is 17.8. The Kier molecular flexibility index (Phi) is 5.06. The number of carbonyl (C=O) groups is 1. The molecule has 0 radical (unpaired) electrons. The molecule has 3 aromatic heterocycles.